The van der Waals surface area contributed by atoms with E-state index in [0.717, 1.165) is 5.56 Å². The fourth-order valence-corrected chi connectivity index (χ4v) is 2.37. The number of hydrogen-bond acceptors (Lipinski definition) is 3. The summed E-state index contributed by atoms with van der Waals surface area (Å²) in [5, 5.41) is 6.06. The fourth-order valence-electron chi connectivity index (χ4n) is 2.19. The quantitative estimate of drug-likeness (QED) is 0.723. The molecule has 2 rings (SSSR count). The number of aryl methyl sites for hydroxylation is 1. The summed E-state index contributed by atoms with van der Waals surface area (Å²) in [4.78, 5) is 25.3. The highest BCUT2D eigenvalue weighted by atomic mass is 35.5. The number of benzene rings is 2. The molecule has 0 unspecified atom stereocenters. The Hall–Kier alpha value is -2.53. The zero-order valence-corrected chi connectivity index (χ0v) is 16.1. The summed E-state index contributed by atoms with van der Waals surface area (Å²) in [6.07, 6.45) is 0. The molecular weight excluding hydrogens is 352 g/mol. The van der Waals surface area contributed by atoms with Gasteiger partial charge in [0, 0.05) is 10.7 Å². The van der Waals surface area contributed by atoms with Gasteiger partial charge in [-0.05, 0) is 57.5 Å². The van der Waals surface area contributed by atoms with E-state index in [1.807, 2.05) is 26.0 Å². The van der Waals surface area contributed by atoms with E-state index in [9.17, 15) is 9.59 Å². The topological polar surface area (TPSA) is 67.4 Å². The van der Waals surface area contributed by atoms with Gasteiger partial charge >= 0.3 is 0 Å². The number of rotatable bonds is 6. The van der Waals surface area contributed by atoms with Crippen LogP contribution in [0.3, 0.4) is 0 Å². The van der Waals surface area contributed by atoms with Crippen LogP contribution in [0.25, 0.3) is 0 Å². The molecule has 2 aromatic carbocycles. The average Bonchev–Trinajstić information content (AvgIpc) is 2.60. The van der Waals surface area contributed by atoms with Gasteiger partial charge in [-0.2, -0.15) is 0 Å². The summed E-state index contributed by atoms with van der Waals surface area (Å²) in [6.45, 7) is 7.35. The first-order valence-electron chi connectivity index (χ1n) is 8.36. The lowest BCUT2D eigenvalue weighted by atomic mass is 9.90. The van der Waals surface area contributed by atoms with Crippen LogP contribution in [0.1, 0.15) is 26.3 Å². The summed E-state index contributed by atoms with van der Waals surface area (Å²) in [5.74, 6) is -0.297. The predicted octanol–water partition coefficient (Wildman–Crippen LogP) is 4.65. The van der Waals surface area contributed by atoms with Crippen molar-refractivity contribution < 1.29 is 14.3 Å². The summed E-state index contributed by atoms with van der Waals surface area (Å²) in [6, 6.07) is 12.3. The van der Waals surface area contributed by atoms with Gasteiger partial charge in [0.05, 0.1) is 12.3 Å². The van der Waals surface area contributed by atoms with Gasteiger partial charge in [-0.15, -0.1) is 0 Å². The van der Waals surface area contributed by atoms with Crippen molar-refractivity contribution >= 4 is 34.8 Å². The summed E-state index contributed by atoms with van der Waals surface area (Å²) >= 11 is 6.08. The van der Waals surface area contributed by atoms with Crippen molar-refractivity contribution in [3.05, 3.63) is 53.1 Å². The van der Waals surface area contributed by atoms with Crippen molar-refractivity contribution in [3.8, 4) is 5.75 Å². The van der Waals surface area contributed by atoms with Crippen LogP contribution >= 0.6 is 11.6 Å². The molecule has 138 valence electrons. The van der Waals surface area contributed by atoms with E-state index in [1.54, 1.807) is 44.2 Å². The Kier molecular flexibility index (Phi) is 6.27. The Morgan fingerprint density at radius 3 is 2.38 bits per heavy atom. The molecule has 0 fully saturated rings. The lowest BCUT2D eigenvalue weighted by Crippen LogP contribution is -2.41. The van der Waals surface area contributed by atoms with E-state index in [1.165, 1.54) is 0 Å². The minimum atomic E-state index is -1.29. The van der Waals surface area contributed by atoms with Crippen molar-refractivity contribution in [3.63, 3.8) is 0 Å². The van der Waals surface area contributed by atoms with Gasteiger partial charge in [0.2, 0.25) is 11.8 Å². The highest BCUT2D eigenvalue weighted by Crippen LogP contribution is 2.28. The van der Waals surface area contributed by atoms with E-state index in [4.69, 9.17) is 16.3 Å². The largest absolute Gasteiger partial charge is 0.492 e. The van der Waals surface area contributed by atoms with Crippen LogP contribution in [0.4, 0.5) is 11.4 Å². The number of anilines is 2. The van der Waals surface area contributed by atoms with Crippen molar-refractivity contribution in [2.75, 3.05) is 17.2 Å². The molecule has 2 aromatic rings. The first-order chi connectivity index (χ1) is 12.3. The number of carbonyl (C=O) groups excluding carboxylic acids is 2. The van der Waals surface area contributed by atoms with Crippen molar-refractivity contribution in [2.24, 2.45) is 5.41 Å². The molecule has 6 heteroatoms. The Labute approximate surface area is 158 Å². The standard InChI is InChI=1S/C20H23ClN2O3/c1-5-26-17-9-7-6-8-16(17)23-19(25)20(3,4)18(24)22-14-11-10-13(2)15(21)12-14/h6-12H,5H2,1-4H3,(H,22,24)(H,23,25). The van der Waals surface area contributed by atoms with Gasteiger partial charge in [-0.1, -0.05) is 29.8 Å². The van der Waals surface area contributed by atoms with Gasteiger partial charge in [-0.3, -0.25) is 9.59 Å². The number of para-hydroxylation sites is 2. The molecule has 0 heterocycles. The highest BCUT2D eigenvalue weighted by molar-refractivity contribution is 6.31. The molecule has 2 amide bonds. The van der Waals surface area contributed by atoms with Gasteiger partial charge in [0.15, 0.2) is 0 Å². The van der Waals surface area contributed by atoms with Gasteiger partial charge in [0.25, 0.3) is 0 Å². The zero-order chi connectivity index (χ0) is 19.3. The van der Waals surface area contributed by atoms with E-state index >= 15 is 0 Å². The van der Waals surface area contributed by atoms with Crippen LogP contribution in [0.5, 0.6) is 5.75 Å². The molecule has 5 nitrogen and oxygen atoms in total. The summed E-state index contributed by atoms with van der Waals surface area (Å²) < 4.78 is 5.50. The molecule has 0 aliphatic carbocycles. The molecule has 0 atom stereocenters. The zero-order valence-electron chi connectivity index (χ0n) is 15.4. The molecule has 2 N–H and O–H groups in total. The second-order valence-corrected chi connectivity index (χ2v) is 6.83. The predicted molar refractivity (Wildman–Crippen MR) is 105 cm³/mol. The molecule has 0 bridgehead atoms. The minimum Gasteiger partial charge on any atom is -0.492 e. The Bertz CT molecular complexity index is 818. The van der Waals surface area contributed by atoms with Gasteiger partial charge in [-0.25, -0.2) is 0 Å². The Morgan fingerprint density at radius 2 is 1.73 bits per heavy atom. The van der Waals surface area contributed by atoms with E-state index in [-0.39, 0.29) is 0 Å². The normalized spacial score (nSPS) is 11.0. The first kappa shape index (κ1) is 19.8. The van der Waals surface area contributed by atoms with Crippen molar-refractivity contribution in [1.82, 2.24) is 0 Å². The Balaban J connectivity index is 2.13. The maximum atomic E-state index is 12.7. The number of amides is 2. The molecule has 0 radical (unpaired) electrons. The SMILES string of the molecule is CCOc1ccccc1NC(=O)C(C)(C)C(=O)Nc1ccc(C)c(Cl)c1. The van der Waals surface area contributed by atoms with E-state index in [0.29, 0.717) is 28.8 Å². The third-order valence-corrected chi connectivity index (χ3v) is 4.41. The fraction of sp³-hybridized carbons (Fsp3) is 0.300. The van der Waals surface area contributed by atoms with Gasteiger partial charge in [0.1, 0.15) is 11.2 Å². The minimum absolute atomic E-state index is 0.427. The molecule has 26 heavy (non-hydrogen) atoms. The number of nitrogens with one attached hydrogen (secondary N) is 2. The van der Waals surface area contributed by atoms with Crippen LogP contribution in [-0.2, 0) is 9.59 Å². The van der Waals surface area contributed by atoms with Gasteiger partial charge < -0.3 is 15.4 Å². The second-order valence-electron chi connectivity index (χ2n) is 6.43. The number of ether oxygens (including phenoxy) is 1. The third-order valence-electron chi connectivity index (χ3n) is 4.00. The van der Waals surface area contributed by atoms with Crippen molar-refractivity contribution in [1.29, 1.82) is 0 Å². The second kappa shape index (κ2) is 8.23. The monoisotopic (exact) mass is 374 g/mol. The van der Waals surface area contributed by atoms with Crippen LogP contribution < -0.4 is 15.4 Å². The number of halogens is 1. The van der Waals surface area contributed by atoms with E-state index in [2.05, 4.69) is 10.6 Å². The van der Waals surface area contributed by atoms with Crippen LogP contribution in [-0.4, -0.2) is 18.4 Å². The maximum absolute atomic E-state index is 12.7. The lowest BCUT2D eigenvalue weighted by molar-refractivity contribution is -0.135. The Morgan fingerprint density at radius 1 is 1.08 bits per heavy atom. The van der Waals surface area contributed by atoms with Crippen LogP contribution in [0.2, 0.25) is 5.02 Å². The average molecular weight is 375 g/mol. The molecule has 0 saturated carbocycles. The van der Waals surface area contributed by atoms with Crippen LogP contribution in [0, 0.1) is 12.3 Å². The highest BCUT2D eigenvalue weighted by Gasteiger charge is 2.36. The third kappa shape index (κ3) is 4.55. The number of hydrogen-bond donors (Lipinski definition) is 2. The molecule has 0 aliphatic rings. The first-order valence-corrected chi connectivity index (χ1v) is 8.74. The van der Waals surface area contributed by atoms with Crippen molar-refractivity contribution in [2.45, 2.75) is 27.7 Å². The smallest absolute Gasteiger partial charge is 0.239 e. The summed E-state index contributed by atoms with van der Waals surface area (Å²) in [5.41, 5.74) is 0.686. The maximum Gasteiger partial charge on any atom is 0.239 e. The molecule has 0 spiro atoms. The molecule has 0 saturated heterocycles. The molecule has 0 aliphatic heterocycles. The molecule has 0 aromatic heterocycles. The molecular formula is C20H23ClN2O3. The van der Waals surface area contributed by atoms with E-state index < -0.39 is 17.2 Å². The number of carbonyl (C=O) groups is 2. The summed E-state index contributed by atoms with van der Waals surface area (Å²) in [7, 11) is 0. The lowest BCUT2D eigenvalue weighted by Gasteiger charge is -2.23. The van der Waals surface area contributed by atoms with Crippen LogP contribution in [0.15, 0.2) is 42.5 Å².